The van der Waals surface area contributed by atoms with Crippen LogP contribution < -0.4 is 9.47 Å². The molecule has 4 nitrogen and oxygen atoms in total. The highest BCUT2D eigenvalue weighted by atomic mass is 16.6. The second-order valence-electron chi connectivity index (χ2n) is 5.30. The molecule has 0 saturated heterocycles. The minimum absolute atomic E-state index is 0.252. The molecule has 0 atom stereocenters. The lowest BCUT2D eigenvalue weighted by atomic mass is 9.84. The first-order valence-electron chi connectivity index (χ1n) is 6.87. The first kappa shape index (κ1) is 12.3. The van der Waals surface area contributed by atoms with E-state index < -0.39 is 0 Å². The van der Waals surface area contributed by atoms with E-state index in [1.165, 1.54) is 6.42 Å². The van der Waals surface area contributed by atoms with Crippen molar-refractivity contribution in [1.82, 2.24) is 4.90 Å². The lowest BCUT2D eigenvalue weighted by molar-refractivity contribution is -0.137. The van der Waals surface area contributed by atoms with Crippen LogP contribution in [0.4, 0.5) is 0 Å². The SMILES string of the molecule is CN(Cc1ccc2c(c1)OCCO2)C(=O)C1CCC1. The zero-order chi connectivity index (χ0) is 13.2. The lowest BCUT2D eigenvalue weighted by Crippen LogP contribution is -2.35. The van der Waals surface area contributed by atoms with Gasteiger partial charge in [0.1, 0.15) is 13.2 Å². The van der Waals surface area contributed by atoms with Gasteiger partial charge < -0.3 is 14.4 Å². The Morgan fingerprint density at radius 3 is 2.68 bits per heavy atom. The van der Waals surface area contributed by atoms with Crippen LogP contribution in [0.15, 0.2) is 18.2 Å². The predicted molar refractivity (Wildman–Crippen MR) is 71.2 cm³/mol. The Bertz CT molecular complexity index is 482. The molecule has 1 aliphatic carbocycles. The molecule has 0 unspecified atom stereocenters. The highest BCUT2D eigenvalue weighted by molar-refractivity contribution is 5.79. The Labute approximate surface area is 113 Å². The van der Waals surface area contributed by atoms with E-state index in [4.69, 9.17) is 9.47 Å². The summed E-state index contributed by atoms with van der Waals surface area (Å²) in [5, 5.41) is 0. The maximum absolute atomic E-state index is 12.1. The monoisotopic (exact) mass is 261 g/mol. The molecule has 1 aliphatic heterocycles. The summed E-state index contributed by atoms with van der Waals surface area (Å²) in [4.78, 5) is 13.9. The normalized spacial score (nSPS) is 17.7. The van der Waals surface area contributed by atoms with Gasteiger partial charge >= 0.3 is 0 Å². The van der Waals surface area contributed by atoms with E-state index in [1.807, 2.05) is 30.1 Å². The number of carbonyl (C=O) groups is 1. The lowest BCUT2D eigenvalue weighted by Gasteiger charge is -2.29. The third kappa shape index (κ3) is 2.53. The molecule has 0 spiro atoms. The second-order valence-corrected chi connectivity index (χ2v) is 5.30. The fourth-order valence-electron chi connectivity index (χ4n) is 2.50. The van der Waals surface area contributed by atoms with Crippen molar-refractivity contribution in [1.29, 1.82) is 0 Å². The minimum atomic E-state index is 0.252. The second kappa shape index (κ2) is 5.11. The van der Waals surface area contributed by atoms with Gasteiger partial charge in [-0.2, -0.15) is 0 Å². The maximum atomic E-state index is 12.1. The molecule has 1 amide bonds. The molecule has 0 bridgehead atoms. The average Bonchev–Trinajstić information content (AvgIpc) is 2.36. The molecule has 0 aromatic heterocycles. The molecular weight excluding hydrogens is 242 g/mol. The zero-order valence-electron chi connectivity index (χ0n) is 11.2. The summed E-state index contributed by atoms with van der Waals surface area (Å²) in [6, 6.07) is 5.89. The van der Waals surface area contributed by atoms with Crippen LogP contribution in [0, 0.1) is 5.92 Å². The van der Waals surface area contributed by atoms with Gasteiger partial charge in [-0.15, -0.1) is 0 Å². The van der Waals surface area contributed by atoms with Gasteiger partial charge in [0.25, 0.3) is 0 Å². The van der Waals surface area contributed by atoms with Crippen molar-refractivity contribution in [3.8, 4) is 11.5 Å². The fourth-order valence-corrected chi connectivity index (χ4v) is 2.50. The number of hydrogen-bond donors (Lipinski definition) is 0. The van der Waals surface area contributed by atoms with Gasteiger partial charge in [-0.3, -0.25) is 4.79 Å². The van der Waals surface area contributed by atoms with E-state index in [0.29, 0.717) is 19.8 Å². The van der Waals surface area contributed by atoms with E-state index in [-0.39, 0.29) is 11.8 Å². The van der Waals surface area contributed by atoms with Crippen LogP contribution in [0.3, 0.4) is 0 Å². The smallest absolute Gasteiger partial charge is 0.225 e. The van der Waals surface area contributed by atoms with Gasteiger partial charge in [0.15, 0.2) is 11.5 Å². The van der Waals surface area contributed by atoms with Gasteiger partial charge in [0.2, 0.25) is 5.91 Å². The molecular formula is C15H19NO3. The molecule has 4 heteroatoms. The maximum Gasteiger partial charge on any atom is 0.225 e. The number of amides is 1. The summed E-state index contributed by atoms with van der Waals surface area (Å²) in [6.45, 7) is 1.83. The molecule has 0 radical (unpaired) electrons. The van der Waals surface area contributed by atoms with Gasteiger partial charge in [0, 0.05) is 19.5 Å². The topological polar surface area (TPSA) is 38.8 Å². The largest absolute Gasteiger partial charge is 0.486 e. The summed E-state index contributed by atoms with van der Waals surface area (Å²) < 4.78 is 11.0. The van der Waals surface area contributed by atoms with Crippen LogP contribution >= 0.6 is 0 Å². The molecule has 3 rings (SSSR count). The summed E-state index contributed by atoms with van der Waals surface area (Å²) in [6.07, 6.45) is 3.28. The quantitative estimate of drug-likeness (QED) is 0.837. The van der Waals surface area contributed by atoms with Crippen LogP contribution in [0.5, 0.6) is 11.5 Å². The van der Waals surface area contributed by atoms with E-state index >= 15 is 0 Å². The average molecular weight is 261 g/mol. The Balaban J connectivity index is 1.67. The van der Waals surface area contributed by atoms with Crippen LogP contribution in [-0.4, -0.2) is 31.1 Å². The van der Waals surface area contributed by atoms with Crippen LogP contribution in [0.2, 0.25) is 0 Å². The van der Waals surface area contributed by atoms with Crippen molar-refractivity contribution in [2.75, 3.05) is 20.3 Å². The number of carbonyl (C=O) groups excluding carboxylic acids is 1. The Hall–Kier alpha value is -1.71. The van der Waals surface area contributed by atoms with Crippen LogP contribution in [0.1, 0.15) is 24.8 Å². The molecule has 1 aromatic rings. The third-order valence-corrected chi connectivity index (χ3v) is 3.86. The zero-order valence-corrected chi connectivity index (χ0v) is 11.2. The van der Waals surface area contributed by atoms with E-state index in [1.54, 1.807) is 0 Å². The number of hydrogen-bond acceptors (Lipinski definition) is 3. The van der Waals surface area contributed by atoms with Gasteiger partial charge in [-0.1, -0.05) is 12.5 Å². The Morgan fingerprint density at radius 1 is 1.26 bits per heavy atom. The number of benzene rings is 1. The molecule has 102 valence electrons. The highest BCUT2D eigenvalue weighted by Gasteiger charge is 2.27. The standard InChI is InChI=1S/C15H19NO3/c1-16(15(17)12-3-2-4-12)10-11-5-6-13-14(9-11)19-8-7-18-13/h5-6,9,12H,2-4,7-8,10H2,1H3. The minimum Gasteiger partial charge on any atom is -0.486 e. The summed E-state index contributed by atoms with van der Waals surface area (Å²) in [5.41, 5.74) is 1.08. The number of fused-ring (bicyclic) bond motifs is 1. The predicted octanol–water partition coefficient (Wildman–Crippen LogP) is 2.22. The number of nitrogens with zero attached hydrogens (tertiary/aromatic N) is 1. The number of rotatable bonds is 3. The fraction of sp³-hybridized carbons (Fsp3) is 0.533. The van der Waals surface area contributed by atoms with Crippen molar-refractivity contribution < 1.29 is 14.3 Å². The molecule has 1 saturated carbocycles. The van der Waals surface area contributed by atoms with Crippen molar-refractivity contribution in [2.24, 2.45) is 5.92 Å². The summed E-state index contributed by atoms with van der Waals surface area (Å²) in [7, 11) is 1.87. The summed E-state index contributed by atoms with van der Waals surface area (Å²) >= 11 is 0. The Morgan fingerprint density at radius 2 is 2.00 bits per heavy atom. The van der Waals surface area contributed by atoms with Crippen molar-refractivity contribution in [3.05, 3.63) is 23.8 Å². The van der Waals surface area contributed by atoms with Gasteiger partial charge in [-0.25, -0.2) is 0 Å². The molecule has 2 aliphatic rings. The highest BCUT2D eigenvalue weighted by Crippen LogP contribution is 2.32. The van der Waals surface area contributed by atoms with E-state index in [0.717, 1.165) is 29.9 Å². The molecule has 1 aromatic carbocycles. The summed E-state index contributed by atoms with van der Waals surface area (Å²) in [5.74, 6) is 2.10. The van der Waals surface area contributed by atoms with E-state index in [9.17, 15) is 4.79 Å². The molecule has 1 heterocycles. The molecule has 19 heavy (non-hydrogen) atoms. The number of ether oxygens (including phenoxy) is 2. The van der Waals surface area contributed by atoms with Crippen LogP contribution in [0.25, 0.3) is 0 Å². The van der Waals surface area contributed by atoms with Gasteiger partial charge in [0.05, 0.1) is 0 Å². The van der Waals surface area contributed by atoms with Crippen molar-refractivity contribution >= 4 is 5.91 Å². The van der Waals surface area contributed by atoms with E-state index in [2.05, 4.69) is 0 Å². The van der Waals surface area contributed by atoms with Crippen LogP contribution in [-0.2, 0) is 11.3 Å². The Kier molecular flexibility index (Phi) is 3.32. The van der Waals surface area contributed by atoms with Crippen molar-refractivity contribution in [3.63, 3.8) is 0 Å². The van der Waals surface area contributed by atoms with Crippen molar-refractivity contribution in [2.45, 2.75) is 25.8 Å². The molecule has 1 fully saturated rings. The molecule has 0 N–H and O–H groups in total. The van der Waals surface area contributed by atoms with Gasteiger partial charge in [-0.05, 0) is 30.5 Å². The first-order chi connectivity index (χ1) is 9.24. The first-order valence-corrected chi connectivity index (χ1v) is 6.87. The third-order valence-electron chi connectivity index (χ3n) is 3.86.